The Morgan fingerprint density at radius 2 is 2.17 bits per heavy atom. The topological polar surface area (TPSA) is 99.1 Å². The first-order valence-corrected chi connectivity index (χ1v) is 5.59. The smallest absolute Gasteiger partial charge is 0.329 e. The third-order valence-corrected chi connectivity index (χ3v) is 2.33. The van der Waals surface area contributed by atoms with Gasteiger partial charge in [-0.05, 0) is 19.8 Å². The Morgan fingerprint density at radius 1 is 1.50 bits per heavy atom. The highest BCUT2D eigenvalue weighted by molar-refractivity contribution is 5.85. The number of hydrogen-bond donors (Lipinski definition) is 3. The standard InChI is InChI=1S/C10H16N2O4.CH4O/c1-2-5-12(10(15)11-7-14)9-4-3-8(6-13)16-9;1-2/h2,5,7-9,13H,3-4,6H2,1H3,(H,11,14,15);2H,1H3/b5-2-;. The molecule has 1 rings (SSSR count). The zero-order valence-electron chi connectivity index (χ0n) is 10.6. The number of aliphatic hydroxyl groups is 2. The number of imide groups is 1. The summed E-state index contributed by atoms with van der Waals surface area (Å²) in [6.45, 7) is 1.70. The third kappa shape index (κ3) is 4.82. The molecule has 0 aliphatic carbocycles. The van der Waals surface area contributed by atoms with E-state index in [-0.39, 0.29) is 12.7 Å². The minimum atomic E-state index is -0.531. The van der Waals surface area contributed by atoms with Crippen molar-refractivity contribution in [3.05, 3.63) is 12.3 Å². The van der Waals surface area contributed by atoms with Crippen LogP contribution in [0.1, 0.15) is 19.8 Å². The molecule has 1 aliphatic heterocycles. The minimum absolute atomic E-state index is 0.0600. The Bertz CT molecular complexity index is 283. The van der Waals surface area contributed by atoms with Crippen LogP contribution in [0, 0.1) is 0 Å². The Kier molecular flexibility index (Phi) is 8.81. The first kappa shape index (κ1) is 16.6. The van der Waals surface area contributed by atoms with E-state index in [1.165, 1.54) is 4.90 Å². The van der Waals surface area contributed by atoms with Crippen molar-refractivity contribution in [1.82, 2.24) is 10.2 Å². The van der Waals surface area contributed by atoms with Crippen LogP contribution in [0.5, 0.6) is 0 Å². The fourth-order valence-electron chi connectivity index (χ4n) is 1.61. The van der Waals surface area contributed by atoms with E-state index in [9.17, 15) is 9.59 Å². The fourth-order valence-corrected chi connectivity index (χ4v) is 1.61. The van der Waals surface area contributed by atoms with Gasteiger partial charge in [-0.15, -0.1) is 0 Å². The second kappa shape index (κ2) is 9.58. The van der Waals surface area contributed by atoms with E-state index in [0.717, 1.165) is 7.11 Å². The van der Waals surface area contributed by atoms with Gasteiger partial charge < -0.3 is 14.9 Å². The monoisotopic (exact) mass is 260 g/mol. The first-order chi connectivity index (χ1) is 8.72. The number of nitrogens with one attached hydrogen (secondary N) is 1. The van der Waals surface area contributed by atoms with E-state index >= 15 is 0 Å². The number of urea groups is 1. The van der Waals surface area contributed by atoms with Crippen molar-refractivity contribution in [3.8, 4) is 0 Å². The number of ether oxygens (including phenoxy) is 1. The molecule has 18 heavy (non-hydrogen) atoms. The molecule has 0 radical (unpaired) electrons. The number of carbonyl (C=O) groups excluding carboxylic acids is 2. The van der Waals surface area contributed by atoms with Crippen molar-refractivity contribution < 1.29 is 24.5 Å². The number of hydrogen-bond acceptors (Lipinski definition) is 5. The van der Waals surface area contributed by atoms with Crippen molar-refractivity contribution in [2.75, 3.05) is 13.7 Å². The van der Waals surface area contributed by atoms with Gasteiger partial charge in [-0.2, -0.15) is 0 Å². The van der Waals surface area contributed by atoms with Crippen LogP contribution >= 0.6 is 0 Å². The molecule has 0 aromatic heterocycles. The maximum atomic E-state index is 11.5. The lowest BCUT2D eigenvalue weighted by Gasteiger charge is -2.24. The van der Waals surface area contributed by atoms with Crippen LogP contribution < -0.4 is 5.32 Å². The lowest BCUT2D eigenvalue weighted by Crippen LogP contribution is -2.42. The molecule has 1 heterocycles. The highest BCUT2D eigenvalue weighted by Crippen LogP contribution is 2.22. The summed E-state index contributed by atoms with van der Waals surface area (Å²) in [5, 5.41) is 18.0. The molecule has 1 aliphatic rings. The summed E-state index contributed by atoms with van der Waals surface area (Å²) in [6.07, 6.45) is 4.24. The van der Waals surface area contributed by atoms with Gasteiger partial charge >= 0.3 is 6.03 Å². The number of amides is 3. The molecular weight excluding hydrogens is 240 g/mol. The van der Waals surface area contributed by atoms with Crippen molar-refractivity contribution in [1.29, 1.82) is 0 Å². The number of allylic oxidation sites excluding steroid dienone is 1. The summed E-state index contributed by atoms with van der Waals surface area (Å²) >= 11 is 0. The molecule has 0 spiro atoms. The van der Waals surface area contributed by atoms with Gasteiger partial charge in [0.2, 0.25) is 6.41 Å². The predicted octanol–water partition coefficient (Wildman–Crippen LogP) is -0.206. The average molecular weight is 260 g/mol. The first-order valence-electron chi connectivity index (χ1n) is 5.59. The Hall–Kier alpha value is -1.44. The molecule has 7 heteroatoms. The van der Waals surface area contributed by atoms with Crippen molar-refractivity contribution in [2.24, 2.45) is 0 Å². The number of aliphatic hydroxyl groups excluding tert-OH is 2. The normalized spacial score (nSPS) is 22.2. The second-order valence-electron chi connectivity index (χ2n) is 3.43. The molecule has 3 N–H and O–H groups in total. The van der Waals surface area contributed by atoms with E-state index in [1.807, 2.05) is 0 Å². The van der Waals surface area contributed by atoms with Gasteiger partial charge in [0.1, 0.15) is 6.23 Å². The predicted molar refractivity (Wildman–Crippen MR) is 64.4 cm³/mol. The number of nitrogens with zero attached hydrogens (tertiary/aromatic N) is 1. The van der Waals surface area contributed by atoms with Crippen LogP contribution in [0.15, 0.2) is 12.3 Å². The molecular formula is C11H20N2O5. The van der Waals surface area contributed by atoms with Crippen LogP contribution in [-0.2, 0) is 9.53 Å². The highest BCUT2D eigenvalue weighted by atomic mass is 16.5. The molecule has 0 aromatic rings. The Morgan fingerprint density at radius 3 is 2.61 bits per heavy atom. The quantitative estimate of drug-likeness (QED) is 0.608. The zero-order chi connectivity index (χ0) is 14.0. The van der Waals surface area contributed by atoms with Gasteiger partial charge in [-0.3, -0.25) is 15.0 Å². The molecule has 2 unspecified atom stereocenters. The van der Waals surface area contributed by atoms with Crippen LogP contribution in [-0.4, -0.2) is 53.6 Å². The largest absolute Gasteiger partial charge is 0.400 e. The van der Waals surface area contributed by atoms with Crippen LogP contribution in [0.2, 0.25) is 0 Å². The summed E-state index contributed by atoms with van der Waals surface area (Å²) in [5.74, 6) is 0. The average Bonchev–Trinajstić information content (AvgIpc) is 2.87. The molecule has 0 aromatic carbocycles. The molecule has 3 amide bonds. The lowest BCUT2D eigenvalue weighted by atomic mass is 10.2. The minimum Gasteiger partial charge on any atom is -0.400 e. The van der Waals surface area contributed by atoms with Gasteiger partial charge in [0.25, 0.3) is 0 Å². The van der Waals surface area contributed by atoms with E-state index in [2.05, 4.69) is 5.32 Å². The maximum absolute atomic E-state index is 11.5. The number of rotatable bonds is 4. The summed E-state index contributed by atoms with van der Waals surface area (Å²) in [5.41, 5.74) is 0. The Balaban J connectivity index is 0.00000137. The van der Waals surface area contributed by atoms with Gasteiger partial charge in [0.05, 0.1) is 12.7 Å². The molecule has 0 saturated carbocycles. The van der Waals surface area contributed by atoms with Crippen molar-refractivity contribution in [3.63, 3.8) is 0 Å². The van der Waals surface area contributed by atoms with Crippen molar-refractivity contribution >= 4 is 12.4 Å². The van der Waals surface area contributed by atoms with E-state index in [0.29, 0.717) is 19.3 Å². The summed E-state index contributed by atoms with van der Waals surface area (Å²) in [4.78, 5) is 23.0. The summed E-state index contributed by atoms with van der Waals surface area (Å²) < 4.78 is 5.44. The SMILES string of the molecule is C/C=C\N(C(=O)NC=O)C1CCC(CO)O1.CO. The molecule has 0 bridgehead atoms. The zero-order valence-corrected chi connectivity index (χ0v) is 10.6. The molecule has 104 valence electrons. The molecule has 1 fully saturated rings. The van der Waals surface area contributed by atoms with Crippen LogP contribution in [0.3, 0.4) is 0 Å². The van der Waals surface area contributed by atoms with Gasteiger partial charge in [-0.25, -0.2) is 4.79 Å². The summed E-state index contributed by atoms with van der Waals surface area (Å²) in [6, 6.07) is -0.531. The number of carbonyl (C=O) groups is 2. The maximum Gasteiger partial charge on any atom is 0.329 e. The van der Waals surface area contributed by atoms with Gasteiger partial charge in [-0.1, -0.05) is 6.08 Å². The molecule has 1 saturated heterocycles. The lowest BCUT2D eigenvalue weighted by molar-refractivity contribution is -0.109. The van der Waals surface area contributed by atoms with Gasteiger partial charge in [0, 0.05) is 13.3 Å². The third-order valence-electron chi connectivity index (χ3n) is 2.33. The second-order valence-corrected chi connectivity index (χ2v) is 3.43. The summed E-state index contributed by atoms with van der Waals surface area (Å²) in [7, 11) is 1.00. The highest BCUT2D eigenvalue weighted by Gasteiger charge is 2.31. The Labute approximate surface area is 106 Å². The van der Waals surface area contributed by atoms with E-state index in [1.54, 1.807) is 19.2 Å². The molecule has 7 nitrogen and oxygen atoms in total. The van der Waals surface area contributed by atoms with Crippen LogP contribution in [0.4, 0.5) is 4.79 Å². The van der Waals surface area contributed by atoms with E-state index < -0.39 is 12.3 Å². The fraction of sp³-hybridized carbons (Fsp3) is 0.636. The van der Waals surface area contributed by atoms with Crippen LogP contribution in [0.25, 0.3) is 0 Å². The van der Waals surface area contributed by atoms with Gasteiger partial charge in [0.15, 0.2) is 0 Å². The molecule has 2 atom stereocenters. The van der Waals surface area contributed by atoms with Crippen molar-refractivity contribution in [2.45, 2.75) is 32.1 Å². The van der Waals surface area contributed by atoms with E-state index in [4.69, 9.17) is 14.9 Å².